The van der Waals surface area contributed by atoms with E-state index in [-0.39, 0.29) is 5.91 Å². The summed E-state index contributed by atoms with van der Waals surface area (Å²) >= 11 is 3.52. The van der Waals surface area contributed by atoms with Gasteiger partial charge in [0.1, 0.15) is 0 Å². The summed E-state index contributed by atoms with van der Waals surface area (Å²) in [5.41, 5.74) is 2.60. The SMILES string of the molecule is CC(=O)NC1CC(=Cc2ccccc2Br)C1. The molecule has 1 N–H and O–H groups in total. The Hall–Kier alpha value is -1.09. The number of benzene rings is 1. The van der Waals surface area contributed by atoms with Gasteiger partial charge in [-0.15, -0.1) is 0 Å². The molecule has 0 aliphatic heterocycles. The lowest BCUT2D eigenvalue weighted by Gasteiger charge is -2.29. The fraction of sp³-hybridized carbons (Fsp3) is 0.308. The standard InChI is InChI=1S/C13H14BrNO/c1-9(16)15-12-7-10(8-12)6-11-4-2-3-5-13(11)14/h2-6,12H,7-8H2,1H3,(H,15,16). The second-order valence-corrected chi connectivity index (χ2v) is 4.98. The van der Waals surface area contributed by atoms with Crippen molar-refractivity contribution in [3.8, 4) is 0 Å². The molecule has 0 aromatic heterocycles. The van der Waals surface area contributed by atoms with Crippen molar-refractivity contribution >= 4 is 27.9 Å². The first-order chi connectivity index (χ1) is 7.65. The van der Waals surface area contributed by atoms with Crippen LogP contribution in [0.1, 0.15) is 25.3 Å². The third kappa shape index (κ3) is 2.73. The molecule has 0 radical (unpaired) electrons. The normalized spacial score (nSPS) is 18.9. The predicted octanol–water partition coefficient (Wildman–Crippen LogP) is 3.13. The van der Waals surface area contributed by atoms with E-state index in [1.54, 1.807) is 6.92 Å². The van der Waals surface area contributed by atoms with Gasteiger partial charge in [0.2, 0.25) is 5.91 Å². The third-order valence-electron chi connectivity index (χ3n) is 2.69. The molecule has 0 heterocycles. The lowest BCUT2D eigenvalue weighted by atomic mass is 9.85. The van der Waals surface area contributed by atoms with Crippen LogP contribution in [0.25, 0.3) is 6.08 Å². The monoisotopic (exact) mass is 279 g/mol. The Balaban J connectivity index is 1.97. The average molecular weight is 280 g/mol. The molecule has 3 heteroatoms. The smallest absolute Gasteiger partial charge is 0.217 e. The third-order valence-corrected chi connectivity index (χ3v) is 3.41. The maximum absolute atomic E-state index is 10.8. The van der Waals surface area contributed by atoms with Crippen LogP contribution in [0.5, 0.6) is 0 Å². The molecule has 1 fully saturated rings. The van der Waals surface area contributed by atoms with Gasteiger partial charge in [-0.2, -0.15) is 0 Å². The van der Waals surface area contributed by atoms with Gasteiger partial charge in [0, 0.05) is 17.4 Å². The summed E-state index contributed by atoms with van der Waals surface area (Å²) in [6.07, 6.45) is 4.14. The van der Waals surface area contributed by atoms with Gasteiger partial charge in [0.15, 0.2) is 0 Å². The van der Waals surface area contributed by atoms with Gasteiger partial charge in [-0.05, 0) is 24.5 Å². The predicted molar refractivity (Wildman–Crippen MR) is 69.0 cm³/mol. The van der Waals surface area contributed by atoms with E-state index in [0.717, 1.165) is 17.3 Å². The van der Waals surface area contributed by atoms with Gasteiger partial charge in [0.25, 0.3) is 0 Å². The molecule has 0 bridgehead atoms. The van der Waals surface area contributed by atoms with Crippen LogP contribution in [-0.4, -0.2) is 11.9 Å². The van der Waals surface area contributed by atoms with E-state index in [1.807, 2.05) is 18.2 Å². The van der Waals surface area contributed by atoms with Crippen LogP contribution in [0.4, 0.5) is 0 Å². The Morgan fingerprint density at radius 1 is 1.44 bits per heavy atom. The van der Waals surface area contributed by atoms with Gasteiger partial charge in [-0.1, -0.05) is 45.8 Å². The first kappa shape index (κ1) is 11.4. The number of amides is 1. The Labute approximate surface area is 104 Å². The fourth-order valence-corrected chi connectivity index (χ4v) is 2.29. The molecule has 1 aromatic rings. The van der Waals surface area contributed by atoms with Crippen LogP contribution in [-0.2, 0) is 4.79 Å². The minimum absolute atomic E-state index is 0.0601. The number of hydrogen-bond donors (Lipinski definition) is 1. The van der Waals surface area contributed by atoms with Crippen molar-refractivity contribution < 1.29 is 4.79 Å². The fourth-order valence-electron chi connectivity index (χ4n) is 1.89. The number of nitrogens with one attached hydrogen (secondary N) is 1. The van der Waals surface area contributed by atoms with Crippen molar-refractivity contribution in [1.29, 1.82) is 0 Å². The summed E-state index contributed by atoms with van der Waals surface area (Å²) in [6.45, 7) is 1.56. The molecule has 0 spiro atoms. The summed E-state index contributed by atoms with van der Waals surface area (Å²) in [5, 5.41) is 2.92. The Bertz CT molecular complexity index is 431. The van der Waals surface area contributed by atoms with E-state index in [1.165, 1.54) is 11.1 Å². The molecule has 84 valence electrons. The second-order valence-electron chi connectivity index (χ2n) is 4.13. The maximum atomic E-state index is 10.8. The van der Waals surface area contributed by atoms with Gasteiger partial charge in [0.05, 0.1) is 0 Å². The highest BCUT2D eigenvalue weighted by molar-refractivity contribution is 9.10. The van der Waals surface area contributed by atoms with E-state index in [0.29, 0.717) is 6.04 Å². The number of carbonyl (C=O) groups is 1. The zero-order chi connectivity index (χ0) is 11.5. The molecule has 0 unspecified atom stereocenters. The summed E-state index contributed by atoms with van der Waals surface area (Å²) in [4.78, 5) is 10.8. The highest BCUT2D eigenvalue weighted by atomic mass is 79.9. The lowest BCUT2D eigenvalue weighted by Crippen LogP contribution is -2.39. The largest absolute Gasteiger partial charge is 0.353 e. The quantitative estimate of drug-likeness (QED) is 0.886. The maximum Gasteiger partial charge on any atom is 0.217 e. The number of rotatable bonds is 2. The van der Waals surface area contributed by atoms with Crippen molar-refractivity contribution in [1.82, 2.24) is 5.32 Å². The van der Waals surface area contributed by atoms with Crippen LogP contribution in [0, 0.1) is 0 Å². The van der Waals surface area contributed by atoms with Crippen LogP contribution in [0.15, 0.2) is 34.3 Å². The summed E-state index contributed by atoms with van der Waals surface area (Å²) in [7, 11) is 0. The first-order valence-electron chi connectivity index (χ1n) is 5.36. The van der Waals surface area contributed by atoms with Crippen LogP contribution < -0.4 is 5.32 Å². The molecule has 16 heavy (non-hydrogen) atoms. The molecular formula is C13H14BrNO. The molecule has 1 aliphatic carbocycles. The Morgan fingerprint density at radius 2 is 2.12 bits per heavy atom. The van der Waals surface area contributed by atoms with Crippen LogP contribution in [0.2, 0.25) is 0 Å². The molecule has 2 nitrogen and oxygen atoms in total. The van der Waals surface area contributed by atoms with Crippen molar-refractivity contribution in [2.24, 2.45) is 0 Å². The highest BCUT2D eigenvalue weighted by Gasteiger charge is 2.23. The van der Waals surface area contributed by atoms with E-state index in [2.05, 4.69) is 33.4 Å². The number of hydrogen-bond acceptors (Lipinski definition) is 1. The topological polar surface area (TPSA) is 29.1 Å². The molecule has 0 atom stereocenters. The zero-order valence-corrected chi connectivity index (χ0v) is 10.8. The summed E-state index contributed by atoms with van der Waals surface area (Å²) in [5.74, 6) is 0.0601. The van der Waals surface area contributed by atoms with Crippen molar-refractivity contribution in [2.45, 2.75) is 25.8 Å². The Morgan fingerprint density at radius 3 is 2.75 bits per heavy atom. The first-order valence-corrected chi connectivity index (χ1v) is 6.15. The van der Waals surface area contributed by atoms with Crippen molar-refractivity contribution in [3.63, 3.8) is 0 Å². The summed E-state index contributed by atoms with van der Waals surface area (Å²) < 4.78 is 1.12. The minimum atomic E-state index is 0.0601. The van der Waals surface area contributed by atoms with E-state index < -0.39 is 0 Å². The molecular weight excluding hydrogens is 266 g/mol. The number of carbonyl (C=O) groups excluding carboxylic acids is 1. The average Bonchev–Trinajstić information content (AvgIpc) is 2.17. The van der Waals surface area contributed by atoms with Crippen molar-refractivity contribution in [2.75, 3.05) is 0 Å². The van der Waals surface area contributed by atoms with Crippen molar-refractivity contribution in [3.05, 3.63) is 39.9 Å². The molecule has 1 amide bonds. The molecule has 1 aromatic carbocycles. The highest BCUT2D eigenvalue weighted by Crippen LogP contribution is 2.30. The van der Waals surface area contributed by atoms with E-state index in [9.17, 15) is 4.79 Å². The van der Waals surface area contributed by atoms with Gasteiger partial charge >= 0.3 is 0 Å². The van der Waals surface area contributed by atoms with Gasteiger partial charge in [-0.3, -0.25) is 4.79 Å². The van der Waals surface area contributed by atoms with E-state index >= 15 is 0 Å². The molecule has 1 saturated carbocycles. The minimum Gasteiger partial charge on any atom is -0.353 e. The zero-order valence-electron chi connectivity index (χ0n) is 9.16. The number of halogens is 1. The van der Waals surface area contributed by atoms with Crippen LogP contribution in [0.3, 0.4) is 0 Å². The Kier molecular flexibility index (Phi) is 3.44. The molecule has 1 aliphatic rings. The lowest BCUT2D eigenvalue weighted by molar-refractivity contribution is -0.119. The molecule has 2 rings (SSSR count). The van der Waals surface area contributed by atoms with Gasteiger partial charge < -0.3 is 5.32 Å². The van der Waals surface area contributed by atoms with Crippen LogP contribution >= 0.6 is 15.9 Å². The summed E-state index contributed by atoms with van der Waals surface area (Å²) in [6, 6.07) is 8.50. The second kappa shape index (κ2) is 4.83. The molecule has 0 saturated heterocycles. The van der Waals surface area contributed by atoms with E-state index in [4.69, 9.17) is 0 Å². The van der Waals surface area contributed by atoms with Gasteiger partial charge in [-0.25, -0.2) is 0 Å².